The molecule has 0 spiro atoms. The molecule has 1 aromatic carbocycles. The van der Waals surface area contributed by atoms with Crippen LogP contribution in [0.25, 0.3) is 0 Å². The zero-order valence-electron chi connectivity index (χ0n) is 17.4. The Balaban J connectivity index is 1.48. The quantitative estimate of drug-likeness (QED) is 0.661. The van der Waals surface area contributed by atoms with E-state index in [2.05, 4.69) is 4.72 Å². The summed E-state index contributed by atoms with van der Waals surface area (Å²) < 4.78 is 28.1. The first-order valence-electron chi connectivity index (χ1n) is 10.5. The molecule has 3 N–H and O–H groups in total. The topological polar surface area (TPSA) is 106 Å². The molecule has 8 heteroatoms. The van der Waals surface area contributed by atoms with Crippen LogP contribution in [-0.4, -0.2) is 25.6 Å². The third-order valence-corrected chi connectivity index (χ3v) is 9.49. The lowest BCUT2D eigenvalue weighted by Crippen LogP contribution is -2.57. The predicted octanol–water partition coefficient (Wildman–Crippen LogP) is 3.28. The molecule has 0 radical (unpaired) electrons. The monoisotopic (exact) mass is 452 g/mol. The molecule has 5 rings (SSSR count). The smallest absolute Gasteiger partial charge is 0.241 e. The SMILES string of the molecule is CC(C)(NS(=O)(=O)c1cccc(Cl)c1)C(=O)CC1C2CC3CC1CC(C(N)=O)(C3)C2. The first-order chi connectivity index (χ1) is 13.9. The second-order valence-corrected chi connectivity index (χ2v) is 12.2. The van der Waals surface area contributed by atoms with E-state index >= 15 is 0 Å². The number of nitrogens with one attached hydrogen (secondary N) is 1. The Morgan fingerprint density at radius 2 is 1.83 bits per heavy atom. The van der Waals surface area contributed by atoms with E-state index in [1.165, 1.54) is 12.1 Å². The number of ketones is 1. The first kappa shape index (κ1) is 21.8. The average Bonchev–Trinajstić information content (AvgIpc) is 2.63. The van der Waals surface area contributed by atoms with Gasteiger partial charge in [0.05, 0.1) is 10.4 Å². The number of Topliss-reactive ketones (excluding diaryl/α,β-unsaturated/α-hetero) is 1. The predicted molar refractivity (Wildman–Crippen MR) is 114 cm³/mol. The van der Waals surface area contributed by atoms with Crippen molar-refractivity contribution in [2.75, 3.05) is 0 Å². The Bertz CT molecular complexity index is 975. The largest absolute Gasteiger partial charge is 0.369 e. The van der Waals surface area contributed by atoms with Gasteiger partial charge in [-0.1, -0.05) is 17.7 Å². The van der Waals surface area contributed by atoms with Gasteiger partial charge in [-0.25, -0.2) is 8.42 Å². The summed E-state index contributed by atoms with van der Waals surface area (Å²) >= 11 is 5.92. The molecular formula is C22H29ClN2O4S. The fourth-order valence-electron chi connectivity index (χ4n) is 6.32. The van der Waals surface area contributed by atoms with Crippen molar-refractivity contribution < 1.29 is 18.0 Å². The van der Waals surface area contributed by atoms with E-state index in [-0.39, 0.29) is 27.9 Å². The second kappa shape index (κ2) is 7.31. The Morgan fingerprint density at radius 1 is 1.20 bits per heavy atom. The van der Waals surface area contributed by atoms with Gasteiger partial charge in [-0.05, 0) is 87.8 Å². The summed E-state index contributed by atoms with van der Waals surface area (Å²) in [5.41, 5.74) is 4.12. The van der Waals surface area contributed by atoms with Crippen LogP contribution in [0, 0.1) is 29.1 Å². The number of halogens is 1. The van der Waals surface area contributed by atoms with Crippen LogP contribution in [0.1, 0.15) is 52.4 Å². The van der Waals surface area contributed by atoms with Gasteiger partial charge in [-0.15, -0.1) is 0 Å². The molecule has 4 fully saturated rings. The van der Waals surface area contributed by atoms with Crippen LogP contribution >= 0.6 is 11.6 Å². The van der Waals surface area contributed by atoms with Crippen molar-refractivity contribution in [2.24, 2.45) is 34.8 Å². The Labute approximate surface area is 183 Å². The van der Waals surface area contributed by atoms with Crippen LogP contribution in [0.2, 0.25) is 5.02 Å². The van der Waals surface area contributed by atoms with E-state index in [4.69, 9.17) is 17.3 Å². The number of sulfonamides is 1. The van der Waals surface area contributed by atoms with Crippen LogP contribution in [0.3, 0.4) is 0 Å². The highest BCUT2D eigenvalue weighted by Gasteiger charge is 2.58. The summed E-state index contributed by atoms with van der Waals surface area (Å²) in [5.74, 6) is 1.02. The molecule has 0 saturated heterocycles. The Hall–Kier alpha value is -1.44. The van der Waals surface area contributed by atoms with Crippen LogP contribution < -0.4 is 10.5 Å². The molecule has 4 saturated carbocycles. The maximum absolute atomic E-state index is 13.2. The first-order valence-corrected chi connectivity index (χ1v) is 12.4. The van der Waals surface area contributed by atoms with Gasteiger partial charge in [0.25, 0.3) is 0 Å². The minimum Gasteiger partial charge on any atom is -0.369 e. The van der Waals surface area contributed by atoms with Gasteiger partial charge in [0.15, 0.2) is 5.78 Å². The molecule has 4 aliphatic carbocycles. The molecule has 0 aromatic heterocycles. The van der Waals surface area contributed by atoms with Crippen LogP contribution in [-0.2, 0) is 19.6 Å². The van der Waals surface area contributed by atoms with Gasteiger partial charge in [-0.2, -0.15) is 4.72 Å². The normalized spacial score (nSPS) is 32.9. The summed E-state index contributed by atoms with van der Waals surface area (Å²) in [5, 5.41) is 0.319. The number of hydrogen-bond donors (Lipinski definition) is 2. The lowest BCUT2D eigenvalue weighted by atomic mass is 9.45. The summed E-state index contributed by atoms with van der Waals surface area (Å²) in [6, 6.07) is 5.98. The zero-order valence-corrected chi connectivity index (χ0v) is 18.9. The third-order valence-electron chi connectivity index (χ3n) is 7.61. The van der Waals surface area contributed by atoms with E-state index < -0.39 is 15.6 Å². The maximum Gasteiger partial charge on any atom is 0.241 e. The lowest BCUT2D eigenvalue weighted by molar-refractivity contribution is -0.152. The number of rotatable bonds is 7. The molecule has 164 valence electrons. The summed E-state index contributed by atoms with van der Waals surface area (Å²) in [4.78, 5) is 25.4. The van der Waals surface area contributed by atoms with Crippen molar-refractivity contribution in [3.05, 3.63) is 29.3 Å². The van der Waals surface area contributed by atoms with Crippen LogP contribution in [0.5, 0.6) is 0 Å². The van der Waals surface area contributed by atoms with E-state index in [0.29, 0.717) is 29.2 Å². The maximum atomic E-state index is 13.2. The van der Waals surface area contributed by atoms with Crippen molar-refractivity contribution >= 4 is 33.3 Å². The fraction of sp³-hybridized carbons (Fsp3) is 0.636. The highest BCUT2D eigenvalue weighted by molar-refractivity contribution is 7.89. The van der Waals surface area contributed by atoms with Crippen LogP contribution in [0.15, 0.2) is 29.2 Å². The molecule has 0 heterocycles. The number of carbonyl (C=O) groups is 2. The highest BCUT2D eigenvalue weighted by atomic mass is 35.5. The van der Waals surface area contributed by atoms with Gasteiger partial charge in [0, 0.05) is 16.9 Å². The molecule has 4 bridgehead atoms. The Morgan fingerprint density at radius 3 is 2.40 bits per heavy atom. The number of amides is 1. The van der Waals surface area contributed by atoms with Gasteiger partial charge in [-0.3, -0.25) is 9.59 Å². The standard InChI is InChI=1S/C22H29ClN2O4S/c1-21(2,25-30(28,29)17-5-3-4-16(23)8-17)19(26)9-18-14-6-13-7-15(18)12-22(10-13,11-14)20(24)27/h3-5,8,13-15,18,25H,6-7,9-12H2,1-2H3,(H2,24,27). The number of benzene rings is 1. The number of hydrogen-bond acceptors (Lipinski definition) is 4. The fourth-order valence-corrected chi connectivity index (χ4v) is 8.02. The lowest BCUT2D eigenvalue weighted by Gasteiger charge is -2.59. The molecule has 30 heavy (non-hydrogen) atoms. The summed E-state index contributed by atoms with van der Waals surface area (Å²) in [7, 11) is -3.88. The van der Waals surface area contributed by atoms with Gasteiger partial charge >= 0.3 is 0 Å². The van der Waals surface area contributed by atoms with E-state index in [1.807, 2.05) is 0 Å². The van der Waals surface area contributed by atoms with E-state index in [9.17, 15) is 18.0 Å². The molecule has 1 amide bonds. The molecule has 0 aliphatic heterocycles. The van der Waals surface area contributed by atoms with Gasteiger partial charge in [0.2, 0.25) is 15.9 Å². The molecule has 2 unspecified atom stereocenters. The highest BCUT2D eigenvalue weighted by Crippen LogP contribution is 2.62. The number of carbonyl (C=O) groups excluding carboxylic acids is 2. The molecular weight excluding hydrogens is 424 g/mol. The third kappa shape index (κ3) is 3.80. The van der Waals surface area contributed by atoms with E-state index in [0.717, 1.165) is 32.1 Å². The minimum atomic E-state index is -3.88. The van der Waals surface area contributed by atoms with Crippen LogP contribution in [0.4, 0.5) is 0 Å². The van der Waals surface area contributed by atoms with Crippen molar-refractivity contribution in [3.63, 3.8) is 0 Å². The summed E-state index contributed by atoms with van der Waals surface area (Å²) in [6.45, 7) is 3.22. The second-order valence-electron chi connectivity index (χ2n) is 10.1. The summed E-state index contributed by atoms with van der Waals surface area (Å²) in [6.07, 6.45) is 4.82. The number of nitrogens with two attached hydrogens (primary N) is 1. The van der Waals surface area contributed by atoms with E-state index in [1.54, 1.807) is 26.0 Å². The zero-order chi connectivity index (χ0) is 21.9. The molecule has 2 atom stereocenters. The molecule has 4 aliphatic rings. The van der Waals surface area contributed by atoms with Gasteiger partial charge in [0.1, 0.15) is 0 Å². The minimum absolute atomic E-state index is 0.0360. The van der Waals surface area contributed by atoms with Gasteiger partial charge < -0.3 is 5.73 Å². The number of primary amides is 1. The van der Waals surface area contributed by atoms with Crippen molar-refractivity contribution in [2.45, 2.75) is 62.8 Å². The van der Waals surface area contributed by atoms with Crippen molar-refractivity contribution in [1.82, 2.24) is 4.72 Å². The molecule has 1 aromatic rings. The average molecular weight is 453 g/mol. The molecule has 6 nitrogen and oxygen atoms in total. The Kier molecular flexibility index (Phi) is 5.31. The van der Waals surface area contributed by atoms with Crippen molar-refractivity contribution in [3.8, 4) is 0 Å². The van der Waals surface area contributed by atoms with Crippen molar-refractivity contribution in [1.29, 1.82) is 0 Å².